The number of halogens is 2. The quantitative estimate of drug-likeness (QED) is 0.844. The Hall–Kier alpha value is -0.880. The Morgan fingerprint density at radius 1 is 1.26 bits per heavy atom. The molecule has 102 valence electrons. The van der Waals surface area contributed by atoms with Gasteiger partial charge >= 0.3 is 0 Å². The van der Waals surface area contributed by atoms with Gasteiger partial charge in [0.25, 0.3) is 5.91 Å². The van der Waals surface area contributed by atoms with Crippen LogP contribution in [0.2, 0.25) is 0 Å². The predicted molar refractivity (Wildman–Crippen MR) is 80.0 cm³/mol. The maximum absolute atomic E-state index is 12.5. The van der Waals surface area contributed by atoms with Crippen molar-refractivity contribution in [3.8, 4) is 0 Å². The number of rotatable bonds is 2. The van der Waals surface area contributed by atoms with Crippen LogP contribution in [0.4, 0.5) is 0 Å². The highest BCUT2D eigenvalue weighted by molar-refractivity contribution is 9.11. The second-order valence-electron chi connectivity index (χ2n) is 4.43. The second kappa shape index (κ2) is 6.05. The van der Waals surface area contributed by atoms with Crippen LogP contribution in [0.25, 0.3) is 0 Å². The van der Waals surface area contributed by atoms with Gasteiger partial charge in [0.05, 0.1) is 0 Å². The van der Waals surface area contributed by atoms with Crippen LogP contribution >= 0.6 is 31.9 Å². The molecule has 0 saturated carbocycles. The first-order valence-electron chi connectivity index (χ1n) is 6.01. The van der Waals surface area contributed by atoms with E-state index in [1.165, 1.54) is 0 Å². The highest BCUT2D eigenvalue weighted by atomic mass is 79.9. The molecule has 0 radical (unpaired) electrons. The average Bonchev–Trinajstić information content (AvgIpc) is 2.84. The molecule has 19 heavy (non-hydrogen) atoms. The zero-order valence-electron chi connectivity index (χ0n) is 10.5. The molecule has 2 rings (SSSR count). The first-order chi connectivity index (χ1) is 9.02. The number of amides is 2. The summed E-state index contributed by atoms with van der Waals surface area (Å²) in [6, 6.07) is 5.06. The molecule has 0 aromatic heterocycles. The van der Waals surface area contributed by atoms with Crippen molar-refractivity contribution in [2.24, 2.45) is 0 Å². The van der Waals surface area contributed by atoms with Crippen molar-refractivity contribution >= 4 is 43.7 Å². The number of carbonyl (C=O) groups excluding carboxylic acids is 2. The number of hydrogen-bond donors (Lipinski definition) is 1. The Morgan fingerprint density at radius 3 is 2.47 bits per heavy atom. The fourth-order valence-electron chi connectivity index (χ4n) is 2.29. The molecular formula is C13H14Br2N2O2. The third-order valence-corrected chi connectivity index (χ3v) is 4.09. The molecule has 1 N–H and O–H groups in total. The van der Waals surface area contributed by atoms with E-state index in [1.807, 2.05) is 6.07 Å². The lowest BCUT2D eigenvalue weighted by Crippen LogP contribution is -2.44. The van der Waals surface area contributed by atoms with E-state index in [0.717, 1.165) is 21.8 Å². The van der Waals surface area contributed by atoms with E-state index in [1.54, 1.807) is 24.1 Å². The molecule has 0 aliphatic carbocycles. The second-order valence-corrected chi connectivity index (χ2v) is 6.26. The summed E-state index contributed by atoms with van der Waals surface area (Å²) in [6.45, 7) is 0.626. The summed E-state index contributed by atoms with van der Waals surface area (Å²) in [6.07, 6.45) is 1.58. The summed E-state index contributed by atoms with van der Waals surface area (Å²) in [7, 11) is 1.60. The van der Waals surface area contributed by atoms with Crippen molar-refractivity contribution in [3.05, 3.63) is 32.7 Å². The highest BCUT2D eigenvalue weighted by Gasteiger charge is 2.34. The summed E-state index contributed by atoms with van der Waals surface area (Å²) in [5.41, 5.74) is 0.581. The Labute approximate surface area is 128 Å². The van der Waals surface area contributed by atoms with Gasteiger partial charge in [-0.05, 0) is 31.0 Å². The van der Waals surface area contributed by atoms with Gasteiger partial charge in [-0.2, -0.15) is 0 Å². The number of likely N-dealkylation sites (N-methyl/N-ethyl adjacent to an activating group) is 1. The molecule has 0 bridgehead atoms. The van der Waals surface area contributed by atoms with Gasteiger partial charge < -0.3 is 10.2 Å². The van der Waals surface area contributed by atoms with Crippen LogP contribution in [0.5, 0.6) is 0 Å². The Balaban J connectivity index is 2.25. The largest absolute Gasteiger partial charge is 0.357 e. The third kappa shape index (κ3) is 3.17. The van der Waals surface area contributed by atoms with Crippen molar-refractivity contribution in [1.82, 2.24) is 10.2 Å². The van der Waals surface area contributed by atoms with Crippen LogP contribution in [0.3, 0.4) is 0 Å². The molecule has 0 spiro atoms. The smallest absolute Gasteiger partial charge is 0.254 e. The molecule has 2 amide bonds. The summed E-state index contributed by atoms with van der Waals surface area (Å²) in [4.78, 5) is 25.9. The molecule has 1 saturated heterocycles. The van der Waals surface area contributed by atoms with Crippen LogP contribution in [-0.4, -0.2) is 36.3 Å². The molecule has 1 aromatic rings. The molecule has 1 unspecified atom stereocenters. The number of likely N-dealkylation sites (tertiary alicyclic amines) is 1. The number of nitrogens with one attached hydrogen (secondary N) is 1. The maximum Gasteiger partial charge on any atom is 0.254 e. The fraction of sp³-hybridized carbons (Fsp3) is 0.385. The van der Waals surface area contributed by atoms with Crippen molar-refractivity contribution in [1.29, 1.82) is 0 Å². The van der Waals surface area contributed by atoms with Crippen LogP contribution in [-0.2, 0) is 4.79 Å². The van der Waals surface area contributed by atoms with E-state index >= 15 is 0 Å². The van der Waals surface area contributed by atoms with Crippen LogP contribution in [0.15, 0.2) is 27.1 Å². The topological polar surface area (TPSA) is 49.4 Å². The van der Waals surface area contributed by atoms with Gasteiger partial charge in [0.1, 0.15) is 6.04 Å². The van der Waals surface area contributed by atoms with Crippen LogP contribution in [0, 0.1) is 0 Å². The van der Waals surface area contributed by atoms with Crippen molar-refractivity contribution < 1.29 is 9.59 Å². The lowest BCUT2D eigenvalue weighted by molar-refractivity contribution is -0.124. The van der Waals surface area contributed by atoms with Gasteiger partial charge in [-0.3, -0.25) is 9.59 Å². The number of nitrogens with zero attached hydrogens (tertiary/aromatic N) is 1. The molecule has 1 atom stereocenters. The van der Waals surface area contributed by atoms with E-state index in [4.69, 9.17) is 0 Å². The van der Waals surface area contributed by atoms with Gasteiger partial charge in [-0.1, -0.05) is 31.9 Å². The minimum Gasteiger partial charge on any atom is -0.357 e. The van der Waals surface area contributed by atoms with E-state index in [2.05, 4.69) is 37.2 Å². The summed E-state index contributed by atoms with van der Waals surface area (Å²) in [5, 5.41) is 2.61. The molecule has 1 heterocycles. The van der Waals surface area contributed by atoms with Gasteiger partial charge in [-0.25, -0.2) is 0 Å². The van der Waals surface area contributed by atoms with Crippen LogP contribution in [0.1, 0.15) is 23.2 Å². The summed E-state index contributed by atoms with van der Waals surface area (Å²) in [5.74, 6) is -0.201. The van der Waals surface area contributed by atoms with Crippen molar-refractivity contribution in [2.75, 3.05) is 13.6 Å². The summed E-state index contributed by atoms with van der Waals surface area (Å²) >= 11 is 6.74. The van der Waals surface area contributed by atoms with Gasteiger partial charge in [-0.15, -0.1) is 0 Å². The third-order valence-electron chi connectivity index (χ3n) is 3.17. The number of hydrogen-bond acceptors (Lipinski definition) is 2. The van der Waals surface area contributed by atoms with E-state index in [0.29, 0.717) is 12.1 Å². The first-order valence-corrected chi connectivity index (χ1v) is 7.60. The Kier molecular flexibility index (Phi) is 4.62. The van der Waals surface area contributed by atoms with E-state index < -0.39 is 0 Å². The zero-order valence-corrected chi connectivity index (χ0v) is 13.6. The minimum absolute atomic E-state index is 0.0973. The minimum atomic E-state index is -0.352. The lowest BCUT2D eigenvalue weighted by atomic mass is 10.1. The van der Waals surface area contributed by atoms with Crippen LogP contribution < -0.4 is 5.32 Å². The zero-order chi connectivity index (χ0) is 14.0. The van der Waals surface area contributed by atoms with Gasteiger partial charge in [0.2, 0.25) is 5.91 Å². The molecule has 4 nitrogen and oxygen atoms in total. The normalized spacial score (nSPS) is 18.5. The number of carbonyl (C=O) groups is 2. The lowest BCUT2D eigenvalue weighted by Gasteiger charge is -2.23. The predicted octanol–water partition coefficient (Wildman–Crippen LogP) is 2.56. The molecular weight excluding hydrogens is 376 g/mol. The van der Waals surface area contributed by atoms with E-state index in [-0.39, 0.29) is 17.9 Å². The standard InChI is InChI=1S/C13H14Br2N2O2/c1-16-12(18)11-3-2-4-17(11)13(19)8-5-9(14)7-10(15)6-8/h5-7,11H,2-4H2,1H3,(H,16,18). The Morgan fingerprint density at radius 2 is 1.89 bits per heavy atom. The van der Waals surface area contributed by atoms with E-state index in [9.17, 15) is 9.59 Å². The highest BCUT2D eigenvalue weighted by Crippen LogP contribution is 2.24. The number of benzene rings is 1. The summed E-state index contributed by atoms with van der Waals surface area (Å²) < 4.78 is 1.67. The van der Waals surface area contributed by atoms with Gasteiger partial charge in [0, 0.05) is 28.1 Å². The molecule has 1 aliphatic heterocycles. The van der Waals surface area contributed by atoms with Crippen molar-refractivity contribution in [3.63, 3.8) is 0 Å². The van der Waals surface area contributed by atoms with Crippen molar-refractivity contribution in [2.45, 2.75) is 18.9 Å². The van der Waals surface area contributed by atoms with Gasteiger partial charge in [0.15, 0.2) is 0 Å². The monoisotopic (exact) mass is 388 g/mol. The average molecular weight is 390 g/mol. The maximum atomic E-state index is 12.5. The molecule has 1 aliphatic rings. The SMILES string of the molecule is CNC(=O)C1CCCN1C(=O)c1cc(Br)cc(Br)c1. The molecule has 1 aromatic carbocycles. The molecule has 6 heteroatoms. The first kappa shape index (κ1) is 14.5. The molecule has 1 fully saturated rings. The Bertz CT molecular complexity index is 499. The fourth-order valence-corrected chi connectivity index (χ4v) is 3.59.